The molecule has 0 bridgehead atoms. The van der Waals surface area contributed by atoms with Gasteiger partial charge in [0.25, 0.3) is 0 Å². The Morgan fingerprint density at radius 2 is 2.16 bits per heavy atom. The van der Waals surface area contributed by atoms with E-state index in [-0.39, 0.29) is 0 Å². The molecule has 0 saturated heterocycles. The van der Waals surface area contributed by atoms with Crippen LogP contribution in [0.2, 0.25) is 0 Å². The van der Waals surface area contributed by atoms with Crippen molar-refractivity contribution in [3.63, 3.8) is 0 Å². The molecule has 0 radical (unpaired) electrons. The van der Waals surface area contributed by atoms with Crippen LogP contribution in [-0.4, -0.2) is 39.8 Å². The molecule has 0 amide bonds. The fourth-order valence-corrected chi connectivity index (χ4v) is 2.56. The third-order valence-electron chi connectivity index (χ3n) is 3.54. The number of anilines is 1. The Morgan fingerprint density at radius 3 is 2.95 bits per heavy atom. The molecule has 2 aromatic rings. The van der Waals surface area contributed by atoms with Crippen molar-refractivity contribution in [1.29, 1.82) is 0 Å². The van der Waals surface area contributed by atoms with Crippen molar-refractivity contribution in [2.75, 3.05) is 25.0 Å². The zero-order valence-electron chi connectivity index (χ0n) is 11.5. The van der Waals surface area contributed by atoms with Gasteiger partial charge in [0.2, 0.25) is 0 Å². The molecule has 0 N–H and O–H groups in total. The number of aromatic nitrogens is 3. The quantitative estimate of drug-likeness (QED) is 0.812. The van der Waals surface area contributed by atoms with Crippen molar-refractivity contribution in [1.82, 2.24) is 19.7 Å². The predicted molar refractivity (Wildman–Crippen MR) is 74.8 cm³/mol. The number of hydrogen-bond acceptors (Lipinski definition) is 4. The van der Waals surface area contributed by atoms with Crippen LogP contribution in [-0.2, 0) is 20.1 Å². The third kappa shape index (κ3) is 2.61. The minimum atomic E-state index is 0.940. The maximum Gasteiger partial charge on any atom is 0.132 e. The summed E-state index contributed by atoms with van der Waals surface area (Å²) in [6.45, 7) is 3.93. The maximum atomic E-state index is 4.49. The maximum absolute atomic E-state index is 4.49. The highest BCUT2D eigenvalue weighted by Gasteiger charge is 2.18. The first-order valence-electron chi connectivity index (χ1n) is 6.57. The number of rotatable bonds is 2. The molecule has 19 heavy (non-hydrogen) atoms. The fraction of sp³-hybridized carbons (Fsp3) is 0.429. The topological polar surface area (TPSA) is 37.2 Å². The molecule has 0 aromatic carbocycles. The molecule has 5 nitrogen and oxygen atoms in total. The summed E-state index contributed by atoms with van der Waals surface area (Å²) >= 11 is 0. The van der Waals surface area contributed by atoms with E-state index in [4.69, 9.17) is 0 Å². The van der Waals surface area contributed by atoms with Gasteiger partial charge in [-0.1, -0.05) is 6.07 Å². The van der Waals surface area contributed by atoms with Gasteiger partial charge in [-0.2, -0.15) is 5.10 Å². The number of pyridine rings is 1. The van der Waals surface area contributed by atoms with Gasteiger partial charge in [-0.05, 0) is 6.07 Å². The minimum Gasteiger partial charge on any atom is -0.358 e. The number of fused-ring (bicyclic) bond motifs is 1. The standard InChI is InChI=1S/C14H19N5/c1-17-6-7-19(10-12-8-16-18(2)9-12)11-13-4-3-5-15-14(13)17/h3-5,8-9H,6-7,10-11H2,1-2H3. The summed E-state index contributed by atoms with van der Waals surface area (Å²) in [7, 11) is 4.07. The lowest BCUT2D eigenvalue weighted by Gasteiger charge is -2.19. The Kier molecular flexibility index (Phi) is 3.21. The summed E-state index contributed by atoms with van der Waals surface area (Å²) in [5, 5.41) is 4.23. The van der Waals surface area contributed by atoms with E-state index in [1.165, 1.54) is 11.1 Å². The van der Waals surface area contributed by atoms with Gasteiger partial charge < -0.3 is 4.90 Å². The highest BCUT2D eigenvalue weighted by atomic mass is 15.3. The van der Waals surface area contributed by atoms with Crippen LogP contribution in [0.15, 0.2) is 30.7 Å². The second-order valence-corrected chi connectivity index (χ2v) is 5.14. The summed E-state index contributed by atoms with van der Waals surface area (Å²) in [6.07, 6.45) is 5.89. The molecule has 0 fully saturated rings. The number of nitrogens with zero attached hydrogens (tertiary/aromatic N) is 5. The van der Waals surface area contributed by atoms with E-state index in [1.807, 2.05) is 30.2 Å². The number of likely N-dealkylation sites (N-methyl/N-ethyl adjacent to an activating group) is 1. The molecule has 2 aromatic heterocycles. The molecule has 0 spiro atoms. The molecule has 0 atom stereocenters. The lowest BCUT2D eigenvalue weighted by Crippen LogP contribution is -2.29. The van der Waals surface area contributed by atoms with Crippen LogP contribution >= 0.6 is 0 Å². The Bertz CT molecular complexity index is 562. The predicted octanol–water partition coefficient (Wildman–Crippen LogP) is 1.27. The van der Waals surface area contributed by atoms with Gasteiger partial charge in [0.15, 0.2) is 0 Å². The molecule has 3 heterocycles. The summed E-state index contributed by atoms with van der Waals surface area (Å²) in [6, 6.07) is 4.18. The first-order valence-corrected chi connectivity index (χ1v) is 6.57. The van der Waals surface area contributed by atoms with Gasteiger partial charge >= 0.3 is 0 Å². The SMILES string of the molecule is CN1CCN(Cc2cnn(C)c2)Cc2cccnc21. The van der Waals surface area contributed by atoms with Crippen LogP contribution in [0.3, 0.4) is 0 Å². The van der Waals surface area contributed by atoms with E-state index in [9.17, 15) is 0 Å². The highest BCUT2D eigenvalue weighted by molar-refractivity contribution is 5.46. The van der Waals surface area contributed by atoms with Gasteiger partial charge in [0, 0.05) is 63.8 Å². The normalized spacial score (nSPS) is 16.2. The summed E-state index contributed by atoms with van der Waals surface area (Å²) in [5.74, 6) is 1.11. The molecule has 0 aliphatic carbocycles. The smallest absolute Gasteiger partial charge is 0.132 e. The Hall–Kier alpha value is -1.88. The minimum absolute atomic E-state index is 0.940. The van der Waals surface area contributed by atoms with E-state index in [2.05, 4.69) is 39.2 Å². The average molecular weight is 257 g/mol. The lowest BCUT2D eigenvalue weighted by atomic mass is 10.2. The number of hydrogen-bond donors (Lipinski definition) is 0. The fourth-order valence-electron chi connectivity index (χ4n) is 2.56. The molecular formula is C14H19N5. The van der Waals surface area contributed by atoms with Crippen molar-refractivity contribution in [3.05, 3.63) is 41.9 Å². The van der Waals surface area contributed by atoms with Crippen molar-refractivity contribution in [2.24, 2.45) is 7.05 Å². The van der Waals surface area contributed by atoms with Gasteiger partial charge in [-0.25, -0.2) is 4.98 Å². The second kappa shape index (κ2) is 5.01. The molecule has 1 aliphatic rings. The van der Waals surface area contributed by atoms with Crippen molar-refractivity contribution in [3.8, 4) is 0 Å². The van der Waals surface area contributed by atoms with E-state index in [0.29, 0.717) is 0 Å². The second-order valence-electron chi connectivity index (χ2n) is 5.14. The van der Waals surface area contributed by atoms with Gasteiger partial charge in [-0.3, -0.25) is 9.58 Å². The first kappa shape index (κ1) is 12.2. The Morgan fingerprint density at radius 1 is 1.26 bits per heavy atom. The highest BCUT2D eigenvalue weighted by Crippen LogP contribution is 2.21. The van der Waals surface area contributed by atoms with E-state index in [0.717, 1.165) is 32.0 Å². The van der Waals surface area contributed by atoms with Gasteiger partial charge in [0.05, 0.1) is 6.20 Å². The Balaban J connectivity index is 1.79. The van der Waals surface area contributed by atoms with Crippen LogP contribution in [0.4, 0.5) is 5.82 Å². The molecule has 0 saturated carbocycles. The third-order valence-corrected chi connectivity index (χ3v) is 3.54. The van der Waals surface area contributed by atoms with E-state index in [1.54, 1.807) is 0 Å². The largest absolute Gasteiger partial charge is 0.358 e. The molecule has 1 aliphatic heterocycles. The van der Waals surface area contributed by atoms with E-state index >= 15 is 0 Å². The average Bonchev–Trinajstić information content (AvgIpc) is 2.74. The van der Waals surface area contributed by atoms with Crippen LogP contribution in [0, 0.1) is 0 Å². The zero-order valence-corrected chi connectivity index (χ0v) is 11.5. The van der Waals surface area contributed by atoms with Gasteiger partial charge in [-0.15, -0.1) is 0 Å². The molecule has 100 valence electrons. The van der Waals surface area contributed by atoms with Crippen molar-refractivity contribution in [2.45, 2.75) is 13.1 Å². The van der Waals surface area contributed by atoms with Crippen molar-refractivity contribution >= 4 is 5.82 Å². The van der Waals surface area contributed by atoms with Crippen LogP contribution < -0.4 is 4.90 Å². The van der Waals surface area contributed by atoms with Crippen molar-refractivity contribution < 1.29 is 0 Å². The van der Waals surface area contributed by atoms with E-state index < -0.39 is 0 Å². The van der Waals surface area contributed by atoms with Crippen LogP contribution in [0.25, 0.3) is 0 Å². The summed E-state index contributed by atoms with van der Waals surface area (Å²) in [4.78, 5) is 9.17. The van der Waals surface area contributed by atoms with Crippen LogP contribution in [0.1, 0.15) is 11.1 Å². The summed E-state index contributed by atoms with van der Waals surface area (Å²) < 4.78 is 1.86. The molecule has 3 rings (SSSR count). The monoisotopic (exact) mass is 257 g/mol. The van der Waals surface area contributed by atoms with Crippen LogP contribution in [0.5, 0.6) is 0 Å². The molecular weight excluding hydrogens is 238 g/mol. The summed E-state index contributed by atoms with van der Waals surface area (Å²) in [5.41, 5.74) is 2.56. The lowest BCUT2D eigenvalue weighted by molar-refractivity contribution is 0.269. The molecule has 5 heteroatoms. The van der Waals surface area contributed by atoms with Gasteiger partial charge in [0.1, 0.15) is 5.82 Å². The first-order chi connectivity index (χ1) is 9.22. The zero-order chi connectivity index (χ0) is 13.2. The Labute approximate surface area is 113 Å². The number of aryl methyl sites for hydroxylation is 1. The molecule has 0 unspecified atom stereocenters.